The zero-order valence-electron chi connectivity index (χ0n) is 16.2. The third-order valence-electron chi connectivity index (χ3n) is 5.71. The Morgan fingerprint density at radius 1 is 1.13 bits per heavy atom. The lowest BCUT2D eigenvalue weighted by Gasteiger charge is -2.16. The molecule has 5 heterocycles. The van der Waals surface area contributed by atoms with Crippen LogP contribution in [-0.2, 0) is 6.54 Å². The third-order valence-corrected chi connectivity index (χ3v) is 5.71. The molecule has 0 radical (unpaired) electrons. The van der Waals surface area contributed by atoms with E-state index in [0.717, 1.165) is 28.1 Å². The maximum atomic E-state index is 14.7. The van der Waals surface area contributed by atoms with Gasteiger partial charge in [0.2, 0.25) is 0 Å². The standard InChI is InChI=1S/C22H18FN5O2/c1-12-2-4-17(24-7-12)14-6-19-22(28-11-26-27-21(14)28)25-8-15-16(23)3-5-18-20(15)13(9-29-18)10-30-19/h2-7,11,13,25H,8-10H2,1H3/t13-/m0/s1. The number of pyridine rings is 2. The van der Waals surface area contributed by atoms with Crippen LogP contribution in [0.3, 0.4) is 0 Å². The number of benzene rings is 1. The average molecular weight is 403 g/mol. The summed E-state index contributed by atoms with van der Waals surface area (Å²) in [6.45, 7) is 3.16. The van der Waals surface area contributed by atoms with E-state index < -0.39 is 0 Å². The molecule has 7 nitrogen and oxygen atoms in total. The van der Waals surface area contributed by atoms with Crippen LogP contribution in [0.4, 0.5) is 10.2 Å². The second kappa shape index (κ2) is 6.41. The molecular formula is C22H18FN5O2. The van der Waals surface area contributed by atoms with Crippen molar-refractivity contribution in [1.29, 1.82) is 0 Å². The average Bonchev–Trinajstić information content (AvgIpc) is 3.40. The summed E-state index contributed by atoms with van der Waals surface area (Å²) in [7, 11) is 0. The highest BCUT2D eigenvalue weighted by atomic mass is 19.1. The fourth-order valence-corrected chi connectivity index (χ4v) is 4.20. The topological polar surface area (TPSA) is 73.6 Å². The fraction of sp³-hybridized carbons (Fsp3) is 0.227. The highest BCUT2D eigenvalue weighted by Crippen LogP contribution is 2.41. The molecule has 0 fully saturated rings. The zero-order valence-corrected chi connectivity index (χ0v) is 16.2. The van der Waals surface area contributed by atoms with E-state index in [2.05, 4.69) is 20.5 Å². The lowest BCUT2D eigenvalue weighted by molar-refractivity contribution is 0.249. The number of halogens is 1. The van der Waals surface area contributed by atoms with Crippen molar-refractivity contribution in [3.8, 4) is 22.8 Å². The van der Waals surface area contributed by atoms with E-state index in [9.17, 15) is 4.39 Å². The van der Waals surface area contributed by atoms with Gasteiger partial charge in [0.1, 0.15) is 17.9 Å². The van der Waals surface area contributed by atoms with Gasteiger partial charge < -0.3 is 14.8 Å². The quantitative estimate of drug-likeness (QED) is 0.522. The van der Waals surface area contributed by atoms with Gasteiger partial charge in [-0.2, -0.15) is 0 Å². The molecular weight excluding hydrogens is 385 g/mol. The largest absolute Gasteiger partial charge is 0.493 e. The summed E-state index contributed by atoms with van der Waals surface area (Å²) >= 11 is 0. The molecule has 2 aliphatic rings. The SMILES string of the molecule is Cc1ccc(-c2cc3c(n4cnnc24)NCc2c(F)ccc4c2[C@@H](CO4)CO3)nc1. The van der Waals surface area contributed by atoms with Crippen molar-refractivity contribution in [2.75, 3.05) is 18.5 Å². The summed E-state index contributed by atoms with van der Waals surface area (Å²) in [5.41, 5.74) is 4.83. The van der Waals surface area contributed by atoms with Gasteiger partial charge in [-0.3, -0.25) is 9.38 Å². The predicted octanol–water partition coefficient (Wildman–Crippen LogP) is 3.72. The van der Waals surface area contributed by atoms with Crippen molar-refractivity contribution in [2.45, 2.75) is 19.4 Å². The molecule has 1 atom stereocenters. The third kappa shape index (κ3) is 2.53. The second-order valence-corrected chi connectivity index (χ2v) is 7.63. The maximum Gasteiger partial charge on any atom is 0.171 e. The lowest BCUT2D eigenvalue weighted by Crippen LogP contribution is -2.13. The zero-order chi connectivity index (χ0) is 20.2. The minimum atomic E-state index is -0.249. The normalized spacial score (nSPS) is 17.1. The van der Waals surface area contributed by atoms with Gasteiger partial charge in [-0.15, -0.1) is 10.2 Å². The van der Waals surface area contributed by atoms with Gasteiger partial charge >= 0.3 is 0 Å². The molecule has 0 saturated heterocycles. The molecule has 1 aromatic carbocycles. The number of hydrogen-bond acceptors (Lipinski definition) is 6. The van der Waals surface area contributed by atoms with Crippen LogP contribution in [0.25, 0.3) is 16.9 Å². The van der Waals surface area contributed by atoms with Gasteiger partial charge in [0.25, 0.3) is 0 Å². The predicted molar refractivity (Wildman–Crippen MR) is 108 cm³/mol. The molecule has 4 aromatic rings. The van der Waals surface area contributed by atoms with Crippen molar-refractivity contribution in [2.24, 2.45) is 0 Å². The molecule has 3 aromatic heterocycles. The molecule has 1 N–H and O–H groups in total. The summed E-state index contributed by atoms with van der Waals surface area (Å²) in [6, 6.07) is 9.04. The molecule has 8 heteroatoms. The first kappa shape index (κ1) is 17.2. The van der Waals surface area contributed by atoms with Crippen LogP contribution in [0, 0.1) is 12.7 Å². The van der Waals surface area contributed by atoms with Gasteiger partial charge in [-0.1, -0.05) is 6.07 Å². The molecule has 0 spiro atoms. The van der Waals surface area contributed by atoms with Crippen LogP contribution in [0.5, 0.6) is 11.5 Å². The van der Waals surface area contributed by atoms with Crippen molar-refractivity contribution in [3.05, 3.63) is 65.4 Å². The monoisotopic (exact) mass is 403 g/mol. The molecule has 6 rings (SSSR count). The number of fused-ring (bicyclic) bond motifs is 3. The van der Waals surface area contributed by atoms with Crippen molar-refractivity contribution < 1.29 is 13.9 Å². The van der Waals surface area contributed by atoms with E-state index in [1.807, 2.05) is 35.7 Å². The maximum absolute atomic E-state index is 14.7. The molecule has 0 amide bonds. The van der Waals surface area contributed by atoms with Crippen molar-refractivity contribution in [3.63, 3.8) is 0 Å². The summed E-state index contributed by atoms with van der Waals surface area (Å²) in [5, 5.41) is 11.7. The first-order valence-corrected chi connectivity index (χ1v) is 9.79. The van der Waals surface area contributed by atoms with E-state index in [-0.39, 0.29) is 11.7 Å². The minimum absolute atomic E-state index is 0.0315. The number of ether oxygens (including phenoxy) is 2. The van der Waals surface area contributed by atoms with E-state index in [1.165, 1.54) is 6.07 Å². The smallest absolute Gasteiger partial charge is 0.171 e. The van der Waals surface area contributed by atoms with Crippen LogP contribution in [0.2, 0.25) is 0 Å². The van der Waals surface area contributed by atoms with E-state index in [4.69, 9.17) is 9.47 Å². The van der Waals surface area contributed by atoms with Gasteiger partial charge in [-0.25, -0.2) is 4.39 Å². The van der Waals surface area contributed by atoms with Crippen LogP contribution in [0.1, 0.15) is 22.6 Å². The second-order valence-electron chi connectivity index (χ2n) is 7.63. The van der Waals surface area contributed by atoms with Crippen molar-refractivity contribution >= 4 is 11.5 Å². The fourth-order valence-electron chi connectivity index (χ4n) is 4.20. The Bertz CT molecular complexity index is 1290. The first-order chi connectivity index (χ1) is 14.7. The Balaban J connectivity index is 1.51. The van der Waals surface area contributed by atoms with Crippen LogP contribution in [0.15, 0.2) is 42.9 Å². The van der Waals surface area contributed by atoms with Gasteiger partial charge in [0, 0.05) is 29.4 Å². The Labute approximate surface area is 171 Å². The number of aryl methyl sites for hydroxylation is 1. The molecule has 30 heavy (non-hydrogen) atoms. The highest BCUT2D eigenvalue weighted by molar-refractivity contribution is 5.80. The van der Waals surface area contributed by atoms with E-state index in [1.54, 1.807) is 12.4 Å². The van der Waals surface area contributed by atoms with Crippen LogP contribution < -0.4 is 14.8 Å². The molecule has 0 unspecified atom stereocenters. The number of hydrogen-bond donors (Lipinski definition) is 1. The number of aromatic nitrogens is 4. The molecule has 0 saturated carbocycles. The van der Waals surface area contributed by atoms with Crippen LogP contribution >= 0.6 is 0 Å². The molecule has 2 aliphatic heterocycles. The Morgan fingerprint density at radius 3 is 2.83 bits per heavy atom. The molecule has 0 bridgehead atoms. The first-order valence-electron chi connectivity index (χ1n) is 9.79. The van der Waals surface area contributed by atoms with Crippen molar-refractivity contribution in [1.82, 2.24) is 19.6 Å². The van der Waals surface area contributed by atoms with Gasteiger partial charge in [0.15, 0.2) is 17.2 Å². The highest BCUT2D eigenvalue weighted by Gasteiger charge is 2.31. The minimum Gasteiger partial charge on any atom is -0.493 e. The lowest BCUT2D eigenvalue weighted by atomic mass is 9.96. The van der Waals surface area contributed by atoms with E-state index >= 15 is 0 Å². The number of nitrogens with zero attached hydrogens (tertiary/aromatic N) is 4. The van der Waals surface area contributed by atoms with Gasteiger partial charge in [-0.05, 0) is 36.8 Å². The number of nitrogens with one attached hydrogen (secondary N) is 1. The molecule has 150 valence electrons. The Hall–Kier alpha value is -3.68. The summed E-state index contributed by atoms with van der Waals surface area (Å²) in [6.07, 6.45) is 3.44. The van der Waals surface area contributed by atoms with Gasteiger partial charge in [0.05, 0.1) is 24.8 Å². The van der Waals surface area contributed by atoms with Crippen LogP contribution in [-0.4, -0.2) is 32.8 Å². The summed E-state index contributed by atoms with van der Waals surface area (Å²) in [4.78, 5) is 4.54. The summed E-state index contributed by atoms with van der Waals surface area (Å²) in [5.74, 6) is 1.77. The Morgan fingerprint density at radius 2 is 2.00 bits per heavy atom. The number of rotatable bonds is 1. The molecule has 0 aliphatic carbocycles. The summed E-state index contributed by atoms with van der Waals surface area (Å²) < 4.78 is 28.5. The van der Waals surface area contributed by atoms with E-state index in [0.29, 0.717) is 42.5 Å². The Kier molecular flexibility index (Phi) is 3.68. The number of anilines is 1.